The molecule has 0 aromatic heterocycles. The molecule has 0 fully saturated rings. The van der Waals surface area contributed by atoms with Gasteiger partial charge in [-0.1, -0.05) is 42.5 Å². The Hall–Kier alpha value is -3.12. The molecule has 1 unspecified atom stereocenters. The molecule has 3 aromatic carbocycles. The summed E-state index contributed by atoms with van der Waals surface area (Å²) in [5.74, 6) is -0.142. The topological polar surface area (TPSA) is 66.5 Å². The zero-order valence-corrected chi connectivity index (χ0v) is 21.8. The Balaban J connectivity index is 1.47. The maximum Gasteiger partial charge on any atom is 0.251 e. The number of nitrogens with one attached hydrogen (secondary N) is 1. The first-order valence-electron chi connectivity index (χ1n) is 12.2. The van der Waals surface area contributed by atoms with Crippen molar-refractivity contribution in [3.05, 3.63) is 99.6 Å². The van der Waals surface area contributed by atoms with Crippen molar-refractivity contribution in [1.29, 1.82) is 0 Å². The smallest absolute Gasteiger partial charge is 0.251 e. The number of sulfonamides is 1. The monoisotopic (exact) mass is 490 g/mol. The number of hydrogen-bond donors (Lipinski definition) is 1. The highest BCUT2D eigenvalue weighted by Gasteiger charge is 2.20. The number of nitrogens with zero attached hydrogens (tertiary/aromatic N) is 1. The van der Waals surface area contributed by atoms with Crippen molar-refractivity contribution in [1.82, 2.24) is 5.32 Å². The van der Waals surface area contributed by atoms with Gasteiger partial charge in [0.2, 0.25) is 10.0 Å². The minimum Gasteiger partial charge on any atom is -0.346 e. The molecule has 0 spiro atoms. The van der Waals surface area contributed by atoms with Gasteiger partial charge in [-0.15, -0.1) is 0 Å². The number of carbonyl (C=O) groups excluding carboxylic acids is 1. The van der Waals surface area contributed by atoms with Crippen LogP contribution >= 0.6 is 0 Å². The van der Waals surface area contributed by atoms with Crippen LogP contribution in [0.3, 0.4) is 0 Å². The largest absolute Gasteiger partial charge is 0.346 e. The lowest BCUT2D eigenvalue weighted by atomic mass is 9.89. The normalized spacial score (nSPS) is 14.2. The van der Waals surface area contributed by atoms with Crippen molar-refractivity contribution in [3.8, 4) is 0 Å². The highest BCUT2D eigenvalue weighted by atomic mass is 32.2. The minimum atomic E-state index is -3.48. The molecule has 0 saturated heterocycles. The Morgan fingerprint density at radius 2 is 1.63 bits per heavy atom. The van der Waals surface area contributed by atoms with Gasteiger partial charge in [-0.2, -0.15) is 0 Å². The van der Waals surface area contributed by atoms with Crippen LogP contribution in [0.15, 0.2) is 60.7 Å². The maximum absolute atomic E-state index is 12.9. The van der Waals surface area contributed by atoms with Crippen LogP contribution in [0.4, 0.5) is 5.69 Å². The predicted octanol–water partition coefficient (Wildman–Crippen LogP) is 5.64. The molecule has 1 amide bonds. The van der Waals surface area contributed by atoms with E-state index in [-0.39, 0.29) is 18.5 Å². The molecular formula is C29H34N2O3S. The second-order valence-electron chi connectivity index (χ2n) is 9.69. The number of hydrogen-bond acceptors (Lipinski definition) is 3. The summed E-state index contributed by atoms with van der Waals surface area (Å²) in [6.07, 6.45) is 5.95. The van der Waals surface area contributed by atoms with Crippen LogP contribution < -0.4 is 9.62 Å². The van der Waals surface area contributed by atoms with Gasteiger partial charge in [-0.25, -0.2) is 8.42 Å². The third-order valence-electron chi connectivity index (χ3n) is 6.80. The van der Waals surface area contributed by atoms with Crippen LogP contribution in [-0.4, -0.2) is 20.6 Å². The number of aryl methyl sites for hydroxylation is 4. The van der Waals surface area contributed by atoms with E-state index in [1.54, 1.807) is 12.1 Å². The maximum atomic E-state index is 12.9. The van der Waals surface area contributed by atoms with Crippen molar-refractivity contribution in [2.24, 2.45) is 0 Å². The van der Waals surface area contributed by atoms with Gasteiger partial charge < -0.3 is 5.32 Å². The van der Waals surface area contributed by atoms with Crippen LogP contribution in [0, 0.1) is 13.8 Å². The Bertz CT molecular complexity index is 1330. The standard InChI is InChI=1S/C29H34N2O3S/c1-20-9-10-21(2)28(17-20)31(35(4,33)34)19-23-11-13-25(14-12-23)29(32)30-22(3)26-16-15-24-7-5-6-8-27(24)18-26/h9-18,22H,5-8,19H2,1-4H3,(H,30,32). The molecule has 1 atom stereocenters. The molecular weight excluding hydrogens is 456 g/mol. The van der Waals surface area contributed by atoms with Gasteiger partial charge in [0.25, 0.3) is 5.91 Å². The summed E-state index contributed by atoms with van der Waals surface area (Å²) < 4.78 is 26.6. The molecule has 0 aliphatic heterocycles. The second kappa shape index (κ2) is 10.2. The fourth-order valence-electron chi connectivity index (χ4n) is 4.68. The van der Waals surface area contributed by atoms with Crippen LogP contribution in [0.1, 0.15) is 69.5 Å². The van der Waals surface area contributed by atoms with Crippen molar-refractivity contribution in [3.63, 3.8) is 0 Å². The summed E-state index contributed by atoms with van der Waals surface area (Å²) in [5.41, 5.74) is 7.89. The van der Waals surface area contributed by atoms with Crippen LogP contribution in [0.5, 0.6) is 0 Å². The third kappa shape index (κ3) is 5.93. The predicted molar refractivity (Wildman–Crippen MR) is 142 cm³/mol. The lowest BCUT2D eigenvalue weighted by Gasteiger charge is -2.25. The summed E-state index contributed by atoms with van der Waals surface area (Å²) >= 11 is 0. The second-order valence-corrected chi connectivity index (χ2v) is 11.6. The fraction of sp³-hybridized carbons (Fsp3) is 0.345. The number of carbonyl (C=O) groups is 1. The van der Waals surface area contributed by atoms with E-state index < -0.39 is 10.0 Å². The van der Waals surface area contributed by atoms with E-state index >= 15 is 0 Å². The first kappa shape index (κ1) is 25.0. The fourth-order valence-corrected chi connectivity index (χ4v) is 5.62. The molecule has 0 saturated carbocycles. The Kier molecular flexibility index (Phi) is 7.31. The summed E-state index contributed by atoms with van der Waals surface area (Å²) in [5, 5.41) is 3.10. The molecule has 1 aliphatic carbocycles. The lowest BCUT2D eigenvalue weighted by molar-refractivity contribution is 0.0940. The van der Waals surface area contributed by atoms with Crippen molar-refractivity contribution < 1.29 is 13.2 Å². The van der Waals surface area contributed by atoms with Crippen LogP contribution in [0.2, 0.25) is 0 Å². The molecule has 3 aromatic rings. The average molecular weight is 491 g/mol. The van der Waals surface area contributed by atoms with Gasteiger partial charge in [0.1, 0.15) is 0 Å². The molecule has 6 heteroatoms. The van der Waals surface area contributed by atoms with E-state index in [4.69, 9.17) is 0 Å². The summed E-state index contributed by atoms with van der Waals surface area (Å²) in [6, 6.07) is 19.4. The van der Waals surface area contributed by atoms with Crippen molar-refractivity contribution in [2.75, 3.05) is 10.6 Å². The first-order chi connectivity index (χ1) is 16.6. The quantitative estimate of drug-likeness (QED) is 0.466. The number of rotatable bonds is 7. The van der Waals surface area contributed by atoms with Crippen molar-refractivity contribution >= 4 is 21.6 Å². The zero-order chi connectivity index (χ0) is 25.2. The Morgan fingerprint density at radius 1 is 0.943 bits per heavy atom. The lowest BCUT2D eigenvalue weighted by Crippen LogP contribution is -2.30. The number of anilines is 1. The van der Waals surface area contributed by atoms with Gasteiger partial charge in [0, 0.05) is 5.56 Å². The highest BCUT2D eigenvalue weighted by Crippen LogP contribution is 2.27. The van der Waals surface area contributed by atoms with Crippen molar-refractivity contribution in [2.45, 2.75) is 59.0 Å². The number of amides is 1. The highest BCUT2D eigenvalue weighted by molar-refractivity contribution is 7.92. The molecule has 0 bridgehead atoms. The van der Waals surface area contributed by atoms with Crippen LogP contribution in [0.25, 0.3) is 0 Å². The molecule has 184 valence electrons. The zero-order valence-electron chi connectivity index (χ0n) is 21.0. The molecule has 35 heavy (non-hydrogen) atoms. The molecule has 0 heterocycles. The average Bonchev–Trinajstić information content (AvgIpc) is 2.83. The summed E-state index contributed by atoms with van der Waals surface area (Å²) in [6.45, 7) is 6.06. The SMILES string of the molecule is Cc1ccc(C)c(N(Cc2ccc(C(=O)NC(C)c3ccc4c(c3)CCCC4)cc2)S(C)(=O)=O)c1. The molecule has 5 nitrogen and oxygen atoms in total. The summed E-state index contributed by atoms with van der Waals surface area (Å²) in [7, 11) is -3.48. The minimum absolute atomic E-state index is 0.0978. The van der Waals surface area contributed by atoms with E-state index in [0.29, 0.717) is 11.3 Å². The Morgan fingerprint density at radius 3 is 2.31 bits per heavy atom. The number of fused-ring (bicyclic) bond motifs is 1. The molecule has 1 N–H and O–H groups in total. The molecule has 4 rings (SSSR count). The van der Waals surface area contributed by atoms with E-state index in [1.165, 1.54) is 34.5 Å². The summed E-state index contributed by atoms with van der Waals surface area (Å²) in [4.78, 5) is 12.9. The van der Waals surface area contributed by atoms with Gasteiger partial charge >= 0.3 is 0 Å². The number of benzene rings is 3. The van der Waals surface area contributed by atoms with Gasteiger partial charge in [0.15, 0.2) is 0 Å². The van der Waals surface area contributed by atoms with Crippen LogP contribution in [-0.2, 0) is 29.4 Å². The third-order valence-corrected chi connectivity index (χ3v) is 7.92. The Labute approximate surface area is 209 Å². The molecule has 0 radical (unpaired) electrons. The van der Waals surface area contributed by atoms with Gasteiger partial charge in [-0.3, -0.25) is 9.10 Å². The van der Waals surface area contributed by atoms with E-state index in [9.17, 15) is 13.2 Å². The van der Waals surface area contributed by atoms with E-state index in [1.807, 2.05) is 51.1 Å². The first-order valence-corrected chi connectivity index (χ1v) is 14.0. The molecule has 1 aliphatic rings. The van der Waals surface area contributed by atoms with Gasteiger partial charge in [0.05, 0.1) is 24.5 Å². The van der Waals surface area contributed by atoms with E-state index in [2.05, 4.69) is 23.5 Å². The van der Waals surface area contributed by atoms with E-state index in [0.717, 1.165) is 35.1 Å². The van der Waals surface area contributed by atoms with Gasteiger partial charge in [-0.05, 0) is 98.0 Å².